The summed E-state index contributed by atoms with van der Waals surface area (Å²) >= 11 is 6.20. The van der Waals surface area contributed by atoms with Crippen molar-refractivity contribution in [2.75, 3.05) is 0 Å². The van der Waals surface area contributed by atoms with E-state index in [1.54, 1.807) is 51.4 Å². The van der Waals surface area contributed by atoms with Gasteiger partial charge in [-0.05, 0) is 50.2 Å². The van der Waals surface area contributed by atoms with Crippen molar-refractivity contribution in [3.8, 4) is 28.4 Å². The average molecular weight is 473 g/mol. The Balaban J connectivity index is 1.74. The molecule has 0 aliphatic heterocycles. The number of nitrogens with zero attached hydrogens (tertiary/aromatic N) is 4. The van der Waals surface area contributed by atoms with E-state index in [4.69, 9.17) is 16.3 Å². The predicted molar refractivity (Wildman–Crippen MR) is 120 cm³/mol. The van der Waals surface area contributed by atoms with Gasteiger partial charge in [-0.2, -0.15) is 13.2 Å². The molecule has 33 heavy (non-hydrogen) atoms. The number of halogens is 4. The van der Waals surface area contributed by atoms with Gasteiger partial charge in [-0.15, -0.1) is 10.2 Å². The number of alkyl halides is 3. The minimum atomic E-state index is -4.52. The first kappa shape index (κ1) is 22.8. The van der Waals surface area contributed by atoms with Crippen molar-refractivity contribution in [3.63, 3.8) is 0 Å². The van der Waals surface area contributed by atoms with E-state index in [1.807, 2.05) is 12.1 Å². The fourth-order valence-electron chi connectivity index (χ4n) is 3.65. The van der Waals surface area contributed by atoms with E-state index in [9.17, 15) is 13.2 Å². The Kier molecular flexibility index (Phi) is 5.88. The molecule has 5 nitrogen and oxygen atoms in total. The highest BCUT2D eigenvalue weighted by Gasteiger charge is 2.36. The molecule has 0 N–H and O–H groups in total. The van der Waals surface area contributed by atoms with Crippen molar-refractivity contribution in [1.82, 2.24) is 19.7 Å². The zero-order valence-corrected chi connectivity index (χ0v) is 18.8. The molecule has 0 unspecified atom stereocenters. The van der Waals surface area contributed by atoms with Crippen molar-refractivity contribution in [1.29, 1.82) is 0 Å². The first-order valence-corrected chi connectivity index (χ1v) is 10.4. The Morgan fingerprint density at radius 3 is 2.33 bits per heavy atom. The fourth-order valence-corrected chi connectivity index (χ4v) is 3.82. The number of ether oxygens (including phenoxy) is 1. The van der Waals surface area contributed by atoms with Crippen LogP contribution in [0.1, 0.15) is 25.2 Å². The molecule has 0 amide bonds. The first-order valence-electron chi connectivity index (χ1n) is 10.0. The lowest BCUT2D eigenvalue weighted by Crippen LogP contribution is -2.29. The standard InChI is InChI=1S/C24H20ClF3N4O/c1-23(2,33-20-12-11-15(25)14-17(20)19-10-6-7-13-29-19)22-31-30-21(32(22)3)16-8-4-5-9-18(16)24(26,27)28/h4-14H,1-3H3. The van der Waals surface area contributed by atoms with Gasteiger partial charge in [-0.25, -0.2) is 0 Å². The second-order valence-corrected chi connectivity index (χ2v) is 8.35. The Morgan fingerprint density at radius 1 is 0.909 bits per heavy atom. The zero-order valence-electron chi connectivity index (χ0n) is 18.1. The second kappa shape index (κ2) is 8.51. The van der Waals surface area contributed by atoms with Crippen LogP contribution in [0, 0.1) is 0 Å². The van der Waals surface area contributed by atoms with Crippen LogP contribution in [-0.2, 0) is 18.8 Å². The van der Waals surface area contributed by atoms with Gasteiger partial charge < -0.3 is 9.30 Å². The van der Waals surface area contributed by atoms with Crippen molar-refractivity contribution in [2.45, 2.75) is 25.6 Å². The topological polar surface area (TPSA) is 52.8 Å². The van der Waals surface area contributed by atoms with Crippen molar-refractivity contribution >= 4 is 11.6 Å². The van der Waals surface area contributed by atoms with Crippen LogP contribution < -0.4 is 4.74 Å². The average Bonchev–Trinajstić information content (AvgIpc) is 3.17. The molecule has 0 aliphatic carbocycles. The maximum Gasteiger partial charge on any atom is 0.417 e. The van der Waals surface area contributed by atoms with Crippen LogP contribution >= 0.6 is 11.6 Å². The molecule has 0 saturated heterocycles. The van der Waals surface area contributed by atoms with Gasteiger partial charge >= 0.3 is 6.18 Å². The van der Waals surface area contributed by atoms with Crippen molar-refractivity contribution < 1.29 is 17.9 Å². The third-order valence-electron chi connectivity index (χ3n) is 5.13. The molecule has 9 heteroatoms. The van der Waals surface area contributed by atoms with Crippen LogP contribution in [0.3, 0.4) is 0 Å². The van der Waals surface area contributed by atoms with Gasteiger partial charge in [0, 0.05) is 29.4 Å². The predicted octanol–water partition coefficient (Wildman–Crippen LogP) is 6.53. The van der Waals surface area contributed by atoms with Gasteiger partial charge in [0.25, 0.3) is 0 Å². The van der Waals surface area contributed by atoms with Crippen LogP contribution in [0.4, 0.5) is 13.2 Å². The van der Waals surface area contributed by atoms with E-state index in [-0.39, 0.29) is 11.4 Å². The van der Waals surface area contributed by atoms with Gasteiger partial charge in [-0.3, -0.25) is 4.98 Å². The summed E-state index contributed by atoms with van der Waals surface area (Å²) in [5, 5.41) is 8.76. The Hall–Kier alpha value is -3.39. The molecule has 0 fully saturated rings. The monoisotopic (exact) mass is 472 g/mol. The number of rotatable bonds is 5. The zero-order chi connectivity index (χ0) is 23.8. The largest absolute Gasteiger partial charge is 0.479 e. The summed E-state index contributed by atoms with van der Waals surface area (Å²) in [7, 11) is 1.62. The minimum Gasteiger partial charge on any atom is -0.479 e. The summed E-state index contributed by atoms with van der Waals surface area (Å²) in [6.07, 6.45) is -2.85. The summed E-state index contributed by atoms with van der Waals surface area (Å²) in [4.78, 5) is 4.37. The molecule has 2 aromatic heterocycles. The van der Waals surface area contributed by atoms with Crippen molar-refractivity contribution in [3.05, 3.63) is 83.3 Å². The summed E-state index contributed by atoms with van der Waals surface area (Å²) in [6.45, 7) is 3.54. The number of benzene rings is 2. The number of hydrogen-bond acceptors (Lipinski definition) is 4. The molecule has 0 spiro atoms. The summed E-state index contributed by atoms with van der Waals surface area (Å²) in [6, 6.07) is 15.9. The highest BCUT2D eigenvalue weighted by Crippen LogP contribution is 2.39. The molecule has 0 atom stereocenters. The lowest BCUT2D eigenvalue weighted by atomic mass is 10.1. The van der Waals surface area contributed by atoms with E-state index in [0.717, 1.165) is 6.07 Å². The minimum absolute atomic E-state index is 0.0530. The molecule has 2 aromatic carbocycles. The molecule has 2 heterocycles. The smallest absolute Gasteiger partial charge is 0.417 e. The molecule has 0 saturated carbocycles. The first-order chi connectivity index (χ1) is 15.6. The quantitative estimate of drug-likeness (QED) is 0.331. The molecule has 4 aromatic rings. The summed E-state index contributed by atoms with van der Waals surface area (Å²) in [5.41, 5.74) is -0.516. The molecule has 4 rings (SSSR count). The second-order valence-electron chi connectivity index (χ2n) is 7.92. The van der Waals surface area contributed by atoms with Gasteiger partial charge in [0.15, 0.2) is 17.2 Å². The van der Waals surface area contributed by atoms with E-state index in [0.29, 0.717) is 27.9 Å². The maximum atomic E-state index is 13.5. The van der Waals surface area contributed by atoms with E-state index < -0.39 is 17.3 Å². The maximum absolute atomic E-state index is 13.5. The highest BCUT2D eigenvalue weighted by molar-refractivity contribution is 6.30. The lowest BCUT2D eigenvalue weighted by Gasteiger charge is -2.27. The van der Waals surface area contributed by atoms with Crippen LogP contribution in [0.15, 0.2) is 66.9 Å². The molecule has 0 aliphatic rings. The Bertz CT molecular complexity index is 1290. The summed E-state index contributed by atoms with van der Waals surface area (Å²) < 4.78 is 48.4. The van der Waals surface area contributed by atoms with Gasteiger partial charge in [0.2, 0.25) is 0 Å². The number of hydrogen-bond donors (Lipinski definition) is 0. The van der Waals surface area contributed by atoms with Gasteiger partial charge in [-0.1, -0.05) is 35.9 Å². The third kappa shape index (κ3) is 4.57. The van der Waals surface area contributed by atoms with Crippen LogP contribution in [-0.4, -0.2) is 19.7 Å². The highest BCUT2D eigenvalue weighted by atomic mass is 35.5. The number of pyridine rings is 1. The van der Waals surface area contributed by atoms with E-state index in [1.165, 1.54) is 22.8 Å². The normalized spacial score (nSPS) is 12.1. The van der Waals surface area contributed by atoms with Crippen LogP contribution in [0.5, 0.6) is 5.75 Å². The lowest BCUT2D eigenvalue weighted by molar-refractivity contribution is -0.137. The SMILES string of the molecule is Cn1c(-c2ccccc2C(F)(F)F)nnc1C(C)(C)Oc1ccc(Cl)cc1-c1ccccn1. The number of aromatic nitrogens is 4. The van der Waals surface area contributed by atoms with Gasteiger partial charge in [0.05, 0.1) is 11.3 Å². The van der Waals surface area contributed by atoms with Crippen LogP contribution in [0.2, 0.25) is 5.02 Å². The molecule has 170 valence electrons. The van der Waals surface area contributed by atoms with E-state index in [2.05, 4.69) is 15.2 Å². The molecular weight excluding hydrogens is 453 g/mol. The molecule has 0 bridgehead atoms. The fraction of sp³-hybridized carbons (Fsp3) is 0.208. The third-order valence-corrected chi connectivity index (χ3v) is 5.37. The molecule has 0 radical (unpaired) electrons. The van der Waals surface area contributed by atoms with Crippen LogP contribution in [0.25, 0.3) is 22.6 Å². The van der Waals surface area contributed by atoms with E-state index >= 15 is 0 Å². The van der Waals surface area contributed by atoms with Gasteiger partial charge in [0.1, 0.15) is 5.75 Å². The Labute approximate surface area is 193 Å². The summed E-state index contributed by atoms with van der Waals surface area (Å²) in [5.74, 6) is 0.954. The Morgan fingerprint density at radius 2 is 1.64 bits per heavy atom. The van der Waals surface area contributed by atoms with Crippen molar-refractivity contribution in [2.24, 2.45) is 7.05 Å². The molecular formula is C24H20ClF3N4O.